The molecular formula is C22H26N6O2S. The number of sulfone groups is 1. The zero-order valence-electron chi connectivity index (χ0n) is 18.0. The maximum Gasteiger partial charge on any atom is 0.233 e. The minimum Gasteiger partial charge on any atom is -0.375 e. The van der Waals surface area contributed by atoms with Gasteiger partial charge in [0, 0.05) is 48.9 Å². The highest BCUT2D eigenvalue weighted by Gasteiger charge is 2.34. The normalized spacial score (nSPS) is 18.5. The Kier molecular flexibility index (Phi) is 5.22. The van der Waals surface area contributed by atoms with Crippen LogP contribution in [0.2, 0.25) is 0 Å². The Morgan fingerprint density at radius 1 is 1.16 bits per heavy atom. The number of aliphatic imine (C=N–C) groups is 1. The Hall–Kier alpha value is -3.33. The van der Waals surface area contributed by atoms with Gasteiger partial charge in [-0.15, -0.1) is 0 Å². The molecule has 1 aliphatic heterocycles. The Labute approximate surface area is 182 Å². The molecule has 1 aliphatic rings. The number of benzene rings is 2. The predicted molar refractivity (Wildman–Crippen MR) is 125 cm³/mol. The van der Waals surface area contributed by atoms with Gasteiger partial charge in [0.05, 0.1) is 11.3 Å². The number of anilines is 1. The molecule has 0 radical (unpaired) electrons. The maximum absolute atomic E-state index is 11.6. The van der Waals surface area contributed by atoms with Crippen molar-refractivity contribution in [2.75, 3.05) is 18.6 Å². The molecule has 0 spiro atoms. The van der Waals surface area contributed by atoms with Gasteiger partial charge in [-0.2, -0.15) is 5.10 Å². The highest BCUT2D eigenvalue weighted by Crippen LogP contribution is 2.31. The van der Waals surface area contributed by atoms with Crippen LogP contribution in [0.25, 0.3) is 10.9 Å². The molecule has 162 valence electrons. The lowest BCUT2D eigenvalue weighted by Gasteiger charge is -2.36. The van der Waals surface area contributed by atoms with Crippen molar-refractivity contribution in [1.82, 2.24) is 20.4 Å². The van der Waals surface area contributed by atoms with Gasteiger partial charge in [-0.05, 0) is 36.8 Å². The summed E-state index contributed by atoms with van der Waals surface area (Å²) in [4.78, 5) is 4.75. The molecule has 2 heterocycles. The molecule has 0 amide bonds. The molecule has 8 nitrogen and oxygen atoms in total. The Bertz CT molecular complexity index is 1290. The van der Waals surface area contributed by atoms with Crippen molar-refractivity contribution >= 4 is 32.6 Å². The van der Waals surface area contributed by atoms with Crippen molar-refractivity contribution < 1.29 is 8.42 Å². The molecule has 3 aromatic rings. The lowest BCUT2D eigenvalue weighted by atomic mass is 10.0. The summed E-state index contributed by atoms with van der Waals surface area (Å²) < 4.78 is 25.0. The van der Waals surface area contributed by atoms with Crippen LogP contribution in [0.15, 0.2) is 59.4 Å². The Morgan fingerprint density at radius 2 is 1.90 bits per heavy atom. The number of nitrogens with zero attached hydrogens (tertiary/aromatic N) is 3. The second-order valence-electron chi connectivity index (χ2n) is 7.78. The highest BCUT2D eigenvalue weighted by atomic mass is 32.2. The molecule has 31 heavy (non-hydrogen) atoms. The van der Waals surface area contributed by atoms with Gasteiger partial charge in [-0.3, -0.25) is 4.68 Å². The molecule has 2 aromatic carbocycles. The van der Waals surface area contributed by atoms with Crippen LogP contribution in [0.3, 0.4) is 0 Å². The Balaban J connectivity index is 1.73. The summed E-state index contributed by atoms with van der Waals surface area (Å²) in [5, 5.41) is 15.7. The molecule has 1 atom stereocenters. The summed E-state index contributed by atoms with van der Waals surface area (Å²) in [5.74, 6) is -0.129. The first-order chi connectivity index (χ1) is 14.7. The van der Waals surface area contributed by atoms with E-state index in [1.165, 1.54) is 6.26 Å². The lowest BCUT2D eigenvalue weighted by molar-refractivity contribution is 0.425. The second-order valence-corrected chi connectivity index (χ2v) is 9.92. The van der Waals surface area contributed by atoms with Gasteiger partial charge in [0.1, 0.15) is 5.82 Å². The summed E-state index contributed by atoms with van der Waals surface area (Å²) in [6.45, 7) is 2.04. The van der Waals surface area contributed by atoms with E-state index in [1.807, 2.05) is 68.2 Å². The minimum absolute atomic E-state index is 0.0111. The van der Waals surface area contributed by atoms with E-state index >= 15 is 0 Å². The summed E-state index contributed by atoms with van der Waals surface area (Å²) >= 11 is 0. The van der Waals surface area contributed by atoms with Crippen molar-refractivity contribution in [3.05, 3.63) is 71.2 Å². The van der Waals surface area contributed by atoms with Gasteiger partial charge in [-0.25, -0.2) is 13.4 Å². The van der Waals surface area contributed by atoms with Crippen molar-refractivity contribution in [2.24, 2.45) is 12.0 Å². The zero-order chi connectivity index (χ0) is 22.2. The standard InChI is InChI=1S/C22H26N6O2S/c1-15-19-10-7-17(13-20(19)27-28(15)3)22(24-12-11-21(23-2)26-22)25-18-8-5-16(6-9-18)14-31(4,29)30/h5-13,23,25-26H,14H2,1-4H3. The van der Waals surface area contributed by atoms with E-state index in [4.69, 9.17) is 4.99 Å². The van der Waals surface area contributed by atoms with E-state index in [0.717, 1.165) is 39.2 Å². The summed E-state index contributed by atoms with van der Waals surface area (Å²) in [5.41, 5.74) is 4.43. The number of aryl methyl sites for hydroxylation is 2. The first-order valence-corrected chi connectivity index (χ1v) is 12.0. The molecule has 1 aromatic heterocycles. The summed E-state index contributed by atoms with van der Waals surface area (Å²) in [7, 11) is 0.686. The van der Waals surface area contributed by atoms with Crippen molar-refractivity contribution in [1.29, 1.82) is 0 Å². The average Bonchev–Trinajstić information content (AvgIpc) is 3.02. The first-order valence-electron chi connectivity index (χ1n) is 9.89. The van der Waals surface area contributed by atoms with Crippen LogP contribution in [0.5, 0.6) is 0 Å². The van der Waals surface area contributed by atoms with E-state index < -0.39 is 15.6 Å². The van der Waals surface area contributed by atoms with Crippen molar-refractivity contribution in [2.45, 2.75) is 18.5 Å². The van der Waals surface area contributed by atoms with Crippen LogP contribution in [-0.2, 0) is 28.4 Å². The lowest BCUT2D eigenvalue weighted by Crippen LogP contribution is -2.50. The van der Waals surface area contributed by atoms with Crippen molar-refractivity contribution in [3.8, 4) is 0 Å². The SMILES string of the molecule is CNC1=CC=NC(Nc2ccc(CS(C)(=O)=O)cc2)(c2ccc3c(C)n(C)nc3c2)N1. The Morgan fingerprint density at radius 3 is 2.58 bits per heavy atom. The van der Waals surface area contributed by atoms with E-state index in [1.54, 1.807) is 6.21 Å². The smallest absolute Gasteiger partial charge is 0.233 e. The first kappa shape index (κ1) is 20.9. The number of allylic oxidation sites excluding steroid dienone is 1. The quantitative estimate of drug-likeness (QED) is 0.546. The van der Waals surface area contributed by atoms with Gasteiger partial charge >= 0.3 is 0 Å². The molecule has 3 N–H and O–H groups in total. The molecule has 9 heteroatoms. The van der Waals surface area contributed by atoms with Gasteiger partial charge < -0.3 is 16.0 Å². The molecule has 4 rings (SSSR count). The topological polar surface area (TPSA) is 100 Å². The van der Waals surface area contributed by atoms with E-state index in [-0.39, 0.29) is 5.75 Å². The van der Waals surface area contributed by atoms with E-state index in [9.17, 15) is 8.42 Å². The van der Waals surface area contributed by atoms with Gasteiger partial charge in [-0.1, -0.05) is 24.3 Å². The molecule has 0 aliphatic carbocycles. The zero-order valence-corrected chi connectivity index (χ0v) is 18.8. The van der Waals surface area contributed by atoms with Crippen LogP contribution in [0.1, 0.15) is 16.8 Å². The number of aromatic nitrogens is 2. The minimum atomic E-state index is -3.09. The number of fused-ring (bicyclic) bond motifs is 1. The third-order valence-electron chi connectivity index (χ3n) is 5.35. The third kappa shape index (κ3) is 4.27. The van der Waals surface area contributed by atoms with E-state index in [2.05, 4.69) is 27.1 Å². The molecule has 0 saturated carbocycles. The highest BCUT2D eigenvalue weighted by molar-refractivity contribution is 7.89. The van der Waals surface area contributed by atoms with Gasteiger partial charge in [0.25, 0.3) is 0 Å². The number of rotatable bonds is 6. The van der Waals surface area contributed by atoms with Crippen LogP contribution in [0, 0.1) is 6.92 Å². The third-order valence-corrected chi connectivity index (χ3v) is 6.21. The monoisotopic (exact) mass is 438 g/mol. The van der Waals surface area contributed by atoms with Crippen LogP contribution in [-0.4, -0.2) is 37.7 Å². The number of hydrogen-bond acceptors (Lipinski definition) is 7. The maximum atomic E-state index is 11.6. The second kappa shape index (κ2) is 7.73. The van der Waals surface area contributed by atoms with Crippen LogP contribution in [0.4, 0.5) is 5.69 Å². The number of nitrogens with one attached hydrogen (secondary N) is 3. The fourth-order valence-electron chi connectivity index (χ4n) is 3.67. The average molecular weight is 439 g/mol. The van der Waals surface area contributed by atoms with E-state index in [0.29, 0.717) is 0 Å². The molecule has 0 saturated heterocycles. The molecule has 0 bridgehead atoms. The van der Waals surface area contributed by atoms with Crippen LogP contribution >= 0.6 is 0 Å². The van der Waals surface area contributed by atoms with Gasteiger partial charge in [0.2, 0.25) is 5.79 Å². The fourth-order valence-corrected chi connectivity index (χ4v) is 4.47. The molecule has 1 unspecified atom stereocenters. The molecule has 0 fully saturated rings. The predicted octanol–water partition coefficient (Wildman–Crippen LogP) is 2.38. The molecular weight excluding hydrogens is 412 g/mol. The van der Waals surface area contributed by atoms with Gasteiger partial charge in [0.15, 0.2) is 9.84 Å². The number of hydrogen-bond donors (Lipinski definition) is 3. The van der Waals surface area contributed by atoms with Crippen molar-refractivity contribution in [3.63, 3.8) is 0 Å². The summed E-state index contributed by atoms with van der Waals surface area (Å²) in [6.07, 6.45) is 4.84. The summed E-state index contributed by atoms with van der Waals surface area (Å²) in [6, 6.07) is 13.5. The largest absolute Gasteiger partial charge is 0.375 e. The van der Waals surface area contributed by atoms with Crippen LogP contribution < -0.4 is 16.0 Å². The fraction of sp³-hybridized carbons (Fsp3) is 0.273.